The Morgan fingerprint density at radius 2 is 1.04 bits per heavy atom. The van der Waals surface area contributed by atoms with Gasteiger partial charge in [-0.1, -0.05) is 166 Å². The summed E-state index contributed by atoms with van der Waals surface area (Å²) in [4.78, 5) is 12.9. The van der Waals surface area contributed by atoms with Gasteiger partial charge in [-0.2, -0.15) is 0 Å². The average molecular weight is 780 g/mol. The van der Waals surface area contributed by atoms with E-state index in [1.165, 1.54) is 122 Å². The van der Waals surface area contributed by atoms with Gasteiger partial charge in [-0.15, -0.1) is 0 Å². The summed E-state index contributed by atoms with van der Waals surface area (Å²) in [7, 11) is 0. The number of ether oxygens (including phenoxy) is 2. The van der Waals surface area contributed by atoms with Crippen molar-refractivity contribution in [2.45, 2.75) is 236 Å². The van der Waals surface area contributed by atoms with Crippen LogP contribution in [-0.4, -0.2) is 87.5 Å². The van der Waals surface area contributed by atoms with Crippen LogP contribution >= 0.6 is 0 Å². The lowest BCUT2D eigenvalue weighted by atomic mass is 9.99. The largest absolute Gasteiger partial charge is 0.394 e. The zero-order valence-electron chi connectivity index (χ0n) is 35.2. The maximum atomic E-state index is 12.9. The van der Waals surface area contributed by atoms with Crippen LogP contribution in [0.4, 0.5) is 0 Å². The second-order valence-electron chi connectivity index (χ2n) is 15.8. The first-order chi connectivity index (χ1) is 26.8. The molecule has 1 amide bonds. The maximum Gasteiger partial charge on any atom is 0.220 e. The minimum absolute atomic E-state index is 0.193. The monoisotopic (exact) mass is 780 g/mol. The van der Waals surface area contributed by atoms with Crippen LogP contribution in [0.25, 0.3) is 0 Å². The van der Waals surface area contributed by atoms with Crippen LogP contribution in [0, 0.1) is 0 Å². The lowest BCUT2D eigenvalue weighted by molar-refractivity contribution is -0.302. The SMILES string of the molecule is CCCCCCCC/C=C/CC/C=C/C(O)C(COC1OC(CO)C(O)C(O)C1O)NC(=O)CCCCCCCCC/C=C\CCCCCCCCCCC. The molecule has 6 N–H and O–H groups in total. The Bertz CT molecular complexity index is 956. The molecule has 322 valence electrons. The molecule has 1 aliphatic heterocycles. The summed E-state index contributed by atoms with van der Waals surface area (Å²) in [6.07, 6.45) is 37.6. The fraction of sp³-hybridized carbons (Fsp3) is 0.848. The van der Waals surface area contributed by atoms with Crippen molar-refractivity contribution in [1.82, 2.24) is 5.32 Å². The van der Waals surface area contributed by atoms with Gasteiger partial charge in [-0.05, 0) is 57.8 Å². The Hall–Kier alpha value is -1.59. The molecule has 0 aliphatic carbocycles. The van der Waals surface area contributed by atoms with Crippen molar-refractivity contribution in [2.24, 2.45) is 0 Å². The minimum atomic E-state index is -1.57. The third kappa shape index (κ3) is 27.6. The molecule has 0 bridgehead atoms. The molecule has 0 saturated carbocycles. The van der Waals surface area contributed by atoms with E-state index in [1.54, 1.807) is 6.08 Å². The molecule has 0 spiro atoms. The van der Waals surface area contributed by atoms with Gasteiger partial charge in [-0.3, -0.25) is 4.79 Å². The van der Waals surface area contributed by atoms with Crippen LogP contribution in [0.1, 0.15) is 194 Å². The Balaban J connectivity index is 2.35. The third-order valence-electron chi connectivity index (χ3n) is 10.7. The molecule has 9 heteroatoms. The molecule has 55 heavy (non-hydrogen) atoms. The number of amides is 1. The summed E-state index contributed by atoms with van der Waals surface area (Å²) in [6, 6.07) is -0.821. The number of rotatable bonds is 37. The lowest BCUT2D eigenvalue weighted by Gasteiger charge is -2.40. The quantitative estimate of drug-likeness (QED) is 0.0270. The zero-order chi connectivity index (χ0) is 40.2. The fourth-order valence-corrected chi connectivity index (χ4v) is 6.99. The number of aliphatic hydroxyl groups excluding tert-OH is 5. The number of carbonyl (C=O) groups is 1. The van der Waals surface area contributed by atoms with E-state index < -0.39 is 49.5 Å². The number of carbonyl (C=O) groups excluding carboxylic acids is 1. The second kappa shape index (κ2) is 36.7. The second-order valence-corrected chi connectivity index (χ2v) is 15.8. The van der Waals surface area contributed by atoms with Gasteiger partial charge in [0.15, 0.2) is 6.29 Å². The number of hydrogen-bond donors (Lipinski definition) is 6. The first-order valence-corrected chi connectivity index (χ1v) is 22.7. The van der Waals surface area contributed by atoms with Gasteiger partial charge in [0, 0.05) is 6.42 Å². The van der Waals surface area contributed by atoms with Crippen LogP contribution in [0.2, 0.25) is 0 Å². The molecule has 1 heterocycles. The Morgan fingerprint density at radius 1 is 0.600 bits per heavy atom. The maximum absolute atomic E-state index is 12.9. The third-order valence-corrected chi connectivity index (χ3v) is 10.7. The molecule has 1 rings (SSSR count). The van der Waals surface area contributed by atoms with E-state index in [2.05, 4.69) is 43.5 Å². The normalized spacial score (nSPS) is 21.6. The van der Waals surface area contributed by atoms with Crippen molar-refractivity contribution in [2.75, 3.05) is 13.2 Å². The molecule has 0 radical (unpaired) electrons. The van der Waals surface area contributed by atoms with Gasteiger partial charge in [0.1, 0.15) is 24.4 Å². The number of nitrogens with one attached hydrogen (secondary N) is 1. The van der Waals surface area contributed by atoms with Gasteiger partial charge < -0.3 is 40.3 Å². The summed E-state index contributed by atoms with van der Waals surface area (Å²) in [6.45, 7) is 3.73. The van der Waals surface area contributed by atoms with Crippen molar-refractivity contribution >= 4 is 5.91 Å². The highest BCUT2D eigenvalue weighted by Crippen LogP contribution is 2.22. The zero-order valence-corrected chi connectivity index (χ0v) is 35.2. The van der Waals surface area contributed by atoms with Gasteiger partial charge >= 0.3 is 0 Å². The van der Waals surface area contributed by atoms with Gasteiger partial charge in [-0.25, -0.2) is 0 Å². The average Bonchev–Trinajstić information content (AvgIpc) is 3.18. The predicted molar refractivity (Wildman–Crippen MR) is 226 cm³/mol. The van der Waals surface area contributed by atoms with Crippen LogP contribution in [-0.2, 0) is 14.3 Å². The van der Waals surface area contributed by atoms with E-state index in [1.807, 2.05) is 6.08 Å². The smallest absolute Gasteiger partial charge is 0.220 e. The molecule has 0 aromatic heterocycles. The van der Waals surface area contributed by atoms with Gasteiger partial charge in [0.2, 0.25) is 5.91 Å². The van der Waals surface area contributed by atoms with Crippen molar-refractivity contribution < 1.29 is 39.8 Å². The molecule has 0 aromatic carbocycles. The topological polar surface area (TPSA) is 149 Å². The summed E-state index contributed by atoms with van der Waals surface area (Å²) < 4.78 is 11.2. The first kappa shape index (κ1) is 51.4. The van der Waals surface area contributed by atoms with E-state index in [9.17, 15) is 30.3 Å². The van der Waals surface area contributed by atoms with Crippen molar-refractivity contribution in [3.05, 3.63) is 36.5 Å². The standard InChI is InChI=1S/C46H85NO8/c1-3-5-7-9-11-13-15-17-18-19-20-21-22-23-24-26-28-30-32-34-36-42(50)47-39(38-54-46-45(53)44(52)43(51)41(37-48)55-46)40(49)35-33-31-29-27-25-16-14-12-10-8-6-4-2/h20-21,25,27,33,35,39-41,43-46,48-49,51-53H,3-19,22-24,26,28-32,34,36-38H2,1-2H3,(H,47,50)/b21-20-,27-25+,35-33+. The van der Waals surface area contributed by atoms with Gasteiger partial charge in [0.25, 0.3) is 0 Å². The molecular weight excluding hydrogens is 695 g/mol. The Labute approximate surface area is 336 Å². The van der Waals surface area contributed by atoms with Crippen LogP contribution in [0.15, 0.2) is 36.5 Å². The Morgan fingerprint density at radius 3 is 1.53 bits per heavy atom. The number of aliphatic hydroxyl groups is 5. The summed E-state index contributed by atoms with van der Waals surface area (Å²) in [5.41, 5.74) is 0. The minimum Gasteiger partial charge on any atom is -0.394 e. The molecule has 7 atom stereocenters. The summed E-state index contributed by atoms with van der Waals surface area (Å²) in [5, 5.41) is 54.1. The van der Waals surface area contributed by atoms with E-state index in [-0.39, 0.29) is 12.5 Å². The van der Waals surface area contributed by atoms with Crippen molar-refractivity contribution in [1.29, 1.82) is 0 Å². The van der Waals surface area contributed by atoms with Gasteiger partial charge in [0.05, 0.1) is 25.4 Å². The number of unbranched alkanes of at least 4 members (excludes halogenated alkanes) is 23. The summed E-state index contributed by atoms with van der Waals surface area (Å²) >= 11 is 0. The molecule has 1 fully saturated rings. The number of allylic oxidation sites excluding steroid dienone is 5. The first-order valence-electron chi connectivity index (χ1n) is 22.7. The molecule has 0 aromatic rings. The molecular formula is C46H85NO8. The predicted octanol–water partition coefficient (Wildman–Crippen LogP) is 9.28. The summed E-state index contributed by atoms with van der Waals surface area (Å²) in [5.74, 6) is -0.193. The van der Waals surface area contributed by atoms with E-state index in [0.717, 1.165) is 51.4 Å². The van der Waals surface area contributed by atoms with E-state index in [0.29, 0.717) is 6.42 Å². The van der Waals surface area contributed by atoms with E-state index in [4.69, 9.17) is 9.47 Å². The lowest BCUT2D eigenvalue weighted by Crippen LogP contribution is -2.60. The highest BCUT2D eigenvalue weighted by molar-refractivity contribution is 5.76. The van der Waals surface area contributed by atoms with Crippen molar-refractivity contribution in [3.63, 3.8) is 0 Å². The van der Waals surface area contributed by atoms with Crippen molar-refractivity contribution in [3.8, 4) is 0 Å². The van der Waals surface area contributed by atoms with Crippen LogP contribution in [0.3, 0.4) is 0 Å². The highest BCUT2D eigenvalue weighted by atomic mass is 16.7. The highest BCUT2D eigenvalue weighted by Gasteiger charge is 2.44. The molecule has 9 nitrogen and oxygen atoms in total. The van der Waals surface area contributed by atoms with Crippen LogP contribution in [0.5, 0.6) is 0 Å². The van der Waals surface area contributed by atoms with Crippen LogP contribution < -0.4 is 5.32 Å². The Kier molecular flexibility index (Phi) is 34.3. The van der Waals surface area contributed by atoms with E-state index >= 15 is 0 Å². The molecule has 1 saturated heterocycles. The molecule has 1 aliphatic rings. The fourth-order valence-electron chi connectivity index (χ4n) is 6.99. The molecule has 7 unspecified atom stereocenters. The number of hydrogen-bond acceptors (Lipinski definition) is 8.